The summed E-state index contributed by atoms with van der Waals surface area (Å²) in [5, 5.41) is 10.1. The average molecular weight is 252 g/mol. The Morgan fingerprint density at radius 3 is 1.44 bits per heavy atom. The second kappa shape index (κ2) is 8.19. The second-order valence-electron chi connectivity index (χ2n) is 6.82. The standard InChI is InChI=1S/C17H32O/c18-17(13-11-15-7-3-1-4-8-15)14-12-16-9-5-2-6-10-16/h15-18H,1-14H2. The van der Waals surface area contributed by atoms with Crippen molar-refractivity contribution in [2.75, 3.05) is 0 Å². The molecule has 0 amide bonds. The van der Waals surface area contributed by atoms with Crippen LogP contribution in [0.25, 0.3) is 0 Å². The van der Waals surface area contributed by atoms with E-state index in [1.165, 1.54) is 77.0 Å². The maximum absolute atomic E-state index is 10.1. The third-order valence-corrected chi connectivity index (χ3v) is 5.27. The van der Waals surface area contributed by atoms with Gasteiger partial charge in [-0.3, -0.25) is 0 Å². The molecule has 2 aliphatic carbocycles. The van der Waals surface area contributed by atoms with Crippen LogP contribution in [0.3, 0.4) is 0 Å². The van der Waals surface area contributed by atoms with Gasteiger partial charge in [-0.15, -0.1) is 0 Å². The highest BCUT2D eigenvalue weighted by Crippen LogP contribution is 2.30. The molecule has 2 saturated carbocycles. The fraction of sp³-hybridized carbons (Fsp3) is 1.00. The lowest BCUT2D eigenvalue weighted by Gasteiger charge is -2.24. The summed E-state index contributed by atoms with van der Waals surface area (Å²) in [6, 6.07) is 0. The third-order valence-electron chi connectivity index (χ3n) is 5.27. The number of hydrogen-bond acceptors (Lipinski definition) is 1. The van der Waals surface area contributed by atoms with Crippen LogP contribution in [0.1, 0.15) is 89.9 Å². The van der Waals surface area contributed by atoms with Crippen molar-refractivity contribution >= 4 is 0 Å². The summed E-state index contributed by atoms with van der Waals surface area (Å²) in [5.41, 5.74) is 0. The molecule has 2 fully saturated rings. The Morgan fingerprint density at radius 2 is 1.06 bits per heavy atom. The van der Waals surface area contributed by atoms with Crippen LogP contribution in [0.4, 0.5) is 0 Å². The molecule has 0 heterocycles. The van der Waals surface area contributed by atoms with Crippen molar-refractivity contribution in [3.05, 3.63) is 0 Å². The van der Waals surface area contributed by atoms with Crippen molar-refractivity contribution in [1.29, 1.82) is 0 Å². The third kappa shape index (κ3) is 5.30. The molecule has 2 aliphatic rings. The zero-order valence-corrected chi connectivity index (χ0v) is 12.1. The molecule has 0 bridgehead atoms. The Morgan fingerprint density at radius 1 is 0.667 bits per heavy atom. The molecule has 0 radical (unpaired) electrons. The van der Waals surface area contributed by atoms with Gasteiger partial charge in [0.05, 0.1) is 6.10 Å². The fourth-order valence-electron chi connectivity index (χ4n) is 3.95. The van der Waals surface area contributed by atoms with Gasteiger partial charge in [0.15, 0.2) is 0 Å². The van der Waals surface area contributed by atoms with Gasteiger partial charge in [-0.25, -0.2) is 0 Å². The Kier molecular flexibility index (Phi) is 6.54. The van der Waals surface area contributed by atoms with E-state index in [0.29, 0.717) is 0 Å². The van der Waals surface area contributed by atoms with Crippen LogP contribution >= 0.6 is 0 Å². The van der Waals surface area contributed by atoms with Crippen LogP contribution in [0, 0.1) is 11.8 Å². The number of rotatable bonds is 6. The lowest BCUT2D eigenvalue weighted by molar-refractivity contribution is 0.128. The Labute approximate surface area is 113 Å². The quantitative estimate of drug-likeness (QED) is 0.700. The van der Waals surface area contributed by atoms with E-state index in [0.717, 1.165) is 24.7 Å². The molecule has 2 rings (SSSR count). The van der Waals surface area contributed by atoms with Gasteiger partial charge in [-0.2, -0.15) is 0 Å². The van der Waals surface area contributed by atoms with Gasteiger partial charge in [0.25, 0.3) is 0 Å². The lowest BCUT2D eigenvalue weighted by atomic mass is 9.83. The van der Waals surface area contributed by atoms with Gasteiger partial charge in [0, 0.05) is 0 Å². The highest BCUT2D eigenvalue weighted by molar-refractivity contribution is 4.70. The molecule has 106 valence electrons. The molecular weight excluding hydrogens is 220 g/mol. The van der Waals surface area contributed by atoms with Gasteiger partial charge in [0.1, 0.15) is 0 Å². The Hall–Kier alpha value is -0.0400. The van der Waals surface area contributed by atoms with Gasteiger partial charge in [0.2, 0.25) is 0 Å². The zero-order chi connectivity index (χ0) is 12.6. The summed E-state index contributed by atoms with van der Waals surface area (Å²) in [6.07, 6.45) is 19.0. The number of hydrogen-bond donors (Lipinski definition) is 1. The molecule has 0 aromatic heterocycles. The average Bonchev–Trinajstić information content (AvgIpc) is 2.45. The monoisotopic (exact) mass is 252 g/mol. The van der Waals surface area contributed by atoms with E-state index in [1.807, 2.05) is 0 Å². The first kappa shape index (κ1) is 14.4. The van der Waals surface area contributed by atoms with E-state index in [-0.39, 0.29) is 6.10 Å². The first-order chi connectivity index (χ1) is 8.84. The Bertz CT molecular complexity index is 180. The van der Waals surface area contributed by atoms with Crippen LogP contribution in [0.5, 0.6) is 0 Å². The highest BCUT2D eigenvalue weighted by Gasteiger charge is 2.17. The van der Waals surface area contributed by atoms with E-state index in [1.54, 1.807) is 0 Å². The molecule has 0 aromatic rings. The Balaban J connectivity index is 1.52. The van der Waals surface area contributed by atoms with Crippen LogP contribution in [-0.2, 0) is 0 Å². The molecule has 1 nitrogen and oxygen atoms in total. The lowest BCUT2D eigenvalue weighted by Crippen LogP contribution is -2.14. The molecule has 0 atom stereocenters. The molecule has 18 heavy (non-hydrogen) atoms. The van der Waals surface area contributed by atoms with Gasteiger partial charge in [-0.1, -0.05) is 64.2 Å². The first-order valence-electron chi connectivity index (χ1n) is 8.52. The minimum Gasteiger partial charge on any atom is -0.393 e. The van der Waals surface area contributed by atoms with Gasteiger partial charge >= 0.3 is 0 Å². The molecule has 0 unspecified atom stereocenters. The summed E-state index contributed by atoms with van der Waals surface area (Å²) < 4.78 is 0. The zero-order valence-electron chi connectivity index (χ0n) is 12.1. The largest absolute Gasteiger partial charge is 0.393 e. The van der Waals surface area contributed by atoms with Crippen molar-refractivity contribution in [2.24, 2.45) is 11.8 Å². The summed E-state index contributed by atoms with van der Waals surface area (Å²) in [7, 11) is 0. The predicted octanol–water partition coefficient (Wildman–Crippen LogP) is 5.07. The minimum atomic E-state index is -0.00569. The van der Waals surface area contributed by atoms with Gasteiger partial charge < -0.3 is 5.11 Å². The van der Waals surface area contributed by atoms with E-state index >= 15 is 0 Å². The fourth-order valence-corrected chi connectivity index (χ4v) is 3.95. The smallest absolute Gasteiger partial charge is 0.0540 e. The maximum atomic E-state index is 10.1. The predicted molar refractivity (Wildman–Crippen MR) is 77.6 cm³/mol. The normalized spacial score (nSPS) is 23.7. The van der Waals surface area contributed by atoms with Crippen molar-refractivity contribution in [2.45, 2.75) is 96.0 Å². The van der Waals surface area contributed by atoms with Crippen molar-refractivity contribution in [3.63, 3.8) is 0 Å². The molecule has 0 spiro atoms. The summed E-state index contributed by atoms with van der Waals surface area (Å²) >= 11 is 0. The molecule has 1 heteroatoms. The molecule has 0 aromatic carbocycles. The van der Waals surface area contributed by atoms with Crippen LogP contribution in [0.2, 0.25) is 0 Å². The van der Waals surface area contributed by atoms with E-state index < -0.39 is 0 Å². The SMILES string of the molecule is OC(CCC1CCCCC1)CCC1CCCCC1. The number of aliphatic hydroxyl groups is 1. The van der Waals surface area contributed by atoms with E-state index in [9.17, 15) is 5.11 Å². The van der Waals surface area contributed by atoms with Crippen LogP contribution in [-0.4, -0.2) is 11.2 Å². The summed E-state index contributed by atoms with van der Waals surface area (Å²) in [4.78, 5) is 0. The maximum Gasteiger partial charge on any atom is 0.0540 e. The number of aliphatic hydroxyl groups excluding tert-OH is 1. The first-order valence-corrected chi connectivity index (χ1v) is 8.52. The minimum absolute atomic E-state index is 0.00569. The summed E-state index contributed by atoms with van der Waals surface area (Å²) in [5.74, 6) is 1.87. The topological polar surface area (TPSA) is 20.2 Å². The van der Waals surface area contributed by atoms with E-state index in [2.05, 4.69) is 0 Å². The van der Waals surface area contributed by atoms with Crippen LogP contribution < -0.4 is 0 Å². The second-order valence-corrected chi connectivity index (χ2v) is 6.82. The molecular formula is C17H32O. The van der Waals surface area contributed by atoms with Crippen LogP contribution in [0.15, 0.2) is 0 Å². The molecule has 0 saturated heterocycles. The van der Waals surface area contributed by atoms with Crippen molar-refractivity contribution in [1.82, 2.24) is 0 Å². The van der Waals surface area contributed by atoms with Gasteiger partial charge in [-0.05, 0) is 37.5 Å². The highest BCUT2D eigenvalue weighted by atomic mass is 16.3. The van der Waals surface area contributed by atoms with E-state index in [4.69, 9.17) is 0 Å². The van der Waals surface area contributed by atoms with Crippen molar-refractivity contribution < 1.29 is 5.11 Å². The molecule has 0 aliphatic heterocycles. The summed E-state index contributed by atoms with van der Waals surface area (Å²) in [6.45, 7) is 0. The molecule has 1 N–H and O–H groups in total. The van der Waals surface area contributed by atoms with Crippen molar-refractivity contribution in [3.8, 4) is 0 Å².